The number of anilines is 1. The molecule has 2 aromatic rings. The lowest BCUT2D eigenvalue weighted by atomic mass is 9.83. The van der Waals surface area contributed by atoms with Crippen LogP contribution in [0.4, 0.5) is 10.5 Å². The van der Waals surface area contributed by atoms with Crippen molar-refractivity contribution in [1.82, 2.24) is 5.32 Å². The van der Waals surface area contributed by atoms with Crippen molar-refractivity contribution in [2.45, 2.75) is 44.9 Å². The van der Waals surface area contributed by atoms with E-state index >= 15 is 0 Å². The number of benzodiazepines with no additional fused rings is 1. The first-order valence-corrected chi connectivity index (χ1v) is 10.6. The molecular formula is C24H27N3O3. The van der Waals surface area contributed by atoms with E-state index in [1.54, 1.807) is 11.9 Å². The summed E-state index contributed by atoms with van der Waals surface area (Å²) in [6.45, 7) is 0.142. The van der Waals surface area contributed by atoms with Crippen molar-refractivity contribution < 1.29 is 14.3 Å². The van der Waals surface area contributed by atoms with E-state index in [2.05, 4.69) is 5.32 Å². The highest BCUT2D eigenvalue weighted by molar-refractivity contribution is 6.13. The maximum atomic E-state index is 13.1. The molecule has 1 aliphatic heterocycles. The number of alkyl carbamates (subject to hydrolysis) is 1. The van der Waals surface area contributed by atoms with Gasteiger partial charge in [0.15, 0.2) is 0 Å². The monoisotopic (exact) mass is 405 g/mol. The summed E-state index contributed by atoms with van der Waals surface area (Å²) >= 11 is 0. The molecule has 1 atom stereocenters. The van der Waals surface area contributed by atoms with Crippen molar-refractivity contribution in [2.75, 3.05) is 11.9 Å². The van der Waals surface area contributed by atoms with Crippen LogP contribution in [-0.2, 0) is 16.1 Å². The maximum absolute atomic E-state index is 13.1. The van der Waals surface area contributed by atoms with E-state index < -0.39 is 12.3 Å². The Morgan fingerprint density at radius 1 is 1.07 bits per heavy atom. The minimum absolute atomic E-state index is 0.142. The van der Waals surface area contributed by atoms with Crippen molar-refractivity contribution in [3.8, 4) is 0 Å². The van der Waals surface area contributed by atoms with Crippen molar-refractivity contribution in [2.24, 2.45) is 10.9 Å². The third-order valence-corrected chi connectivity index (χ3v) is 5.83. The Hall–Kier alpha value is -3.15. The van der Waals surface area contributed by atoms with E-state index in [1.807, 2.05) is 54.6 Å². The van der Waals surface area contributed by atoms with Gasteiger partial charge in [0, 0.05) is 18.5 Å². The van der Waals surface area contributed by atoms with Crippen LogP contribution in [0, 0.1) is 5.92 Å². The number of nitrogens with zero attached hydrogens (tertiary/aromatic N) is 2. The molecule has 1 aliphatic carbocycles. The van der Waals surface area contributed by atoms with E-state index in [0.29, 0.717) is 5.92 Å². The predicted molar refractivity (Wildman–Crippen MR) is 117 cm³/mol. The number of hydrogen-bond donors (Lipinski definition) is 1. The van der Waals surface area contributed by atoms with Crippen LogP contribution in [0.2, 0.25) is 0 Å². The number of hydrogen-bond acceptors (Lipinski definition) is 4. The molecule has 4 rings (SSSR count). The topological polar surface area (TPSA) is 71.0 Å². The Kier molecular flexibility index (Phi) is 6.12. The molecule has 0 radical (unpaired) electrons. The number of nitrogens with one attached hydrogen (secondary N) is 1. The summed E-state index contributed by atoms with van der Waals surface area (Å²) in [6, 6.07) is 17.3. The van der Waals surface area contributed by atoms with Crippen molar-refractivity contribution in [3.05, 3.63) is 65.7 Å². The van der Waals surface area contributed by atoms with E-state index in [-0.39, 0.29) is 12.5 Å². The maximum Gasteiger partial charge on any atom is 0.409 e. The molecule has 0 spiro atoms. The highest BCUT2D eigenvalue weighted by atomic mass is 16.5. The number of fused-ring (bicyclic) bond motifs is 1. The van der Waals surface area contributed by atoms with Gasteiger partial charge in [-0.2, -0.15) is 0 Å². The van der Waals surface area contributed by atoms with Gasteiger partial charge in [-0.1, -0.05) is 67.8 Å². The Morgan fingerprint density at radius 3 is 2.53 bits per heavy atom. The number of rotatable bonds is 4. The van der Waals surface area contributed by atoms with Crippen LogP contribution in [0.25, 0.3) is 0 Å². The zero-order valence-corrected chi connectivity index (χ0v) is 17.2. The number of benzene rings is 2. The lowest BCUT2D eigenvalue weighted by molar-refractivity contribution is -0.120. The van der Waals surface area contributed by atoms with Gasteiger partial charge in [0.2, 0.25) is 6.17 Å². The van der Waals surface area contributed by atoms with E-state index in [1.165, 1.54) is 6.42 Å². The number of carbonyl (C=O) groups excluding carboxylic acids is 2. The normalized spacial score (nSPS) is 19.5. The lowest BCUT2D eigenvalue weighted by Gasteiger charge is -2.24. The molecule has 1 N–H and O–H groups in total. The van der Waals surface area contributed by atoms with E-state index in [9.17, 15) is 9.59 Å². The van der Waals surface area contributed by atoms with Crippen molar-refractivity contribution >= 4 is 23.4 Å². The fourth-order valence-corrected chi connectivity index (χ4v) is 4.22. The summed E-state index contributed by atoms with van der Waals surface area (Å²) < 4.78 is 5.32. The van der Waals surface area contributed by atoms with Crippen LogP contribution in [0.1, 0.15) is 43.2 Å². The van der Waals surface area contributed by atoms with Gasteiger partial charge in [0.1, 0.15) is 6.61 Å². The van der Waals surface area contributed by atoms with Gasteiger partial charge in [0.25, 0.3) is 5.91 Å². The average Bonchev–Trinajstić information content (AvgIpc) is 2.90. The van der Waals surface area contributed by atoms with Gasteiger partial charge in [-0.05, 0) is 24.5 Å². The number of amides is 2. The molecule has 6 heteroatoms. The number of ether oxygens (including phenoxy) is 1. The van der Waals surface area contributed by atoms with Crippen LogP contribution >= 0.6 is 0 Å². The number of aliphatic imine (C=N–C) groups is 1. The minimum Gasteiger partial charge on any atom is -0.445 e. The zero-order valence-electron chi connectivity index (χ0n) is 17.2. The third kappa shape index (κ3) is 4.37. The van der Waals surface area contributed by atoms with Crippen molar-refractivity contribution in [3.63, 3.8) is 0 Å². The average molecular weight is 405 g/mol. The first-order chi connectivity index (χ1) is 14.6. The van der Waals surface area contributed by atoms with Gasteiger partial charge in [-0.3, -0.25) is 15.1 Å². The summed E-state index contributed by atoms with van der Waals surface area (Å²) in [7, 11) is 1.73. The standard InChI is InChI=1S/C24H27N3O3/c1-27-20-15-9-8-14-19(20)21(18-12-6-3-7-13-18)25-22(23(27)28)26-24(29)30-16-17-10-4-2-5-11-17/h2,4-5,8-11,14-15,18,22H,3,6-7,12-13,16H2,1H3,(H,26,29)/t22-/m0/s1. The Labute approximate surface area is 176 Å². The second-order valence-corrected chi connectivity index (χ2v) is 7.87. The summed E-state index contributed by atoms with van der Waals surface area (Å²) in [6.07, 6.45) is 4.01. The number of carbonyl (C=O) groups is 2. The van der Waals surface area contributed by atoms with Crippen LogP contribution in [0.5, 0.6) is 0 Å². The Bertz CT molecular complexity index is 936. The van der Waals surface area contributed by atoms with E-state index in [4.69, 9.17) is 9.73 Å². The molecule has 1 heterocycles. The molecule has 156 valence electrons. The summed E-state index contributed by atoms with van der Waals surface area (Å²) in [4.78, 5) is 31.9. The van der Waals surface area contributed by atoms with Crippen LogP contribution < -0.4 is 10.2 Å². The molecule has 0 saturated heterocycles. The van der Waals surface area contributed by atoms with Crippen molar-refractivity contribution in [1.29, 1.82) is 0 Å². The molecule has 0 unspecified atom stereocenters. The van der Waals surface area contributed by atoms with Gasteiger partial charge in [-0.25, -0.2) is 4.79 Å². The second kappa shape index (κ2) is 9.11. The number of likely N-dealkylation sites (N-methyl/N-ethyl adjacent to an activating group) is 1. The molecule has 2 aromatic carbocycles. The van der Waals surface area contributed by atoms with Crippen LogP contribution in [0.3, 0.4) is 0 Å². The lowest BCUT2D eigenvalue weighted by Crippen LogP contribution is -2.46. The third-order valence-electron chi connectivity index (χ3n) is 5.83. The molecular weight excluding hydrogens is 378 g/mol. The highest BCUT2D eigenvalue weighted by Crippen LogP contribution is 2.33. The first-order valence-electron chi connectivity index (χ1n) is 10.6. The fraction of sp³-hybridized carbons (Fsp3) is 0.375. The van der Waals surface area contributed by atoms with Gasteiger partial charge >= 0.3 is 6.09 Å². The van der Waals surface area contributed by atoms with Crippen LogP contribution in [-0.4, -0.2) is 30.9 Å². The van der Waals surface area contributed by atoms with E-state index in [0.717, 1.165) is 48.2 Å². The predicted octanol–water partition coefficient (Wildman–Crippen LogP) is 4.28. The summed E-state index contributed by atoms with van der Waals surface area (Å²) in [5.41, 5.74) is 3.60. The number of para-hydroxylation sites is 1. The SMILES string of the molecule is CN1C(=O)[C@H](NC(=O)OCc2ccccc2)N=C(C2CCCCC2)c2ccccc21. The van der Waals surface area contributed by atoms with Gasteiger partial charge in [0.05, 0.1) is 11.4 Å². The zero-order chi connectivity index (χ0) is 20.9. The second-order valence-electron chi connectivity index (χ2n) is 7.87. The molecule has 0 aromatic heterocycles. The molecule has 1 fully saturated rings. The largest absolute Gasteiger partial charge is 0.445 e. The van der Waals surface area contributed by atoms with Gasteiger partial charge in [-0.15, -0.1) is 0 Å². The first kappa shape index (κ1) is 20.1. The smallest absolute Gasteiger partial charge is 0.409 e. The summed E-state index contributed by atoms with van der Waals surface area (Å²) in [5, 5.41) is 2.67. The Balaban J connectivity index is 1.57. The molecule has 2 amide bonds. The molecule has 6 nitrogen and oxygen atoms in total. The summed E-state index contributed by atoms with van der Waals surface area (Å²) in [5.74, 6) is 0.0220. The quantitative estimate of drug-likeness (QED) is 0.825. The Morgan fingerprint density at radius 2 is 1.77 bits per heavy atom. The van der Waals surface area contributed by atoms with Gasteiger partial charge < -0.3 is 9.64 Å². The molecule has 2 aliphatic rings. The molecule has 0 bridgehead atoms. The molecule has 30 heavy (non-hydrogen) atoms. The van der Waals surface area contributed by atoms with Crippen LogP contribution in [0.15, 0.2) is 59.6 Å². The molecule has 1 saturated carbocycles. The minimum atomic E-state index is -0.998. The highest BCUT2D eigenvalue weighted by Gasteiger charge is 2.33. The fourth-order valence-electron chi connectivity index (χ4n) is 4.22.